The molecule has 1 aliphatic heterocycles. The van der Waals surface area contributed by atoms with E-state index in [0.29, 0.717) is 5.92 Å². The van der Waals surface area contributed by atoms with Crippen LogP contribution >= 0.6 is 0 Å². The van der Waals surface area contributed by atoms with Crippen LogP contribution in [0.2, 0.25) is 0 Å². The fourth-order valence-corrected chi connectivity index (χ4v) is 2.44. The van der Waals surface area contributed by atoms with Crippen molar-refractivity contribution < 1.29 is 8.42 Å². The van der Waals surface area contributed by atoms with Crippen LogP contribution in [0.5, 0.6) is 0 Å². The quantitative estimate of drug-likeness (QED) is 0.679. The molecule has 0 radical (unpaired) electrons. The van der Waals surface area contributed by atoms with Gasteiger partial charge in [-0.3, -0.25) is 0 Å². The van der Waals surface area contributed by atoms with Gasteiger partial charge in [0.2, 0.25) is 10.0 Å². The van der Waals surface area contributed by atoms with Gasteiger partial charge in [-0.15, -0.1) is 0 Å². The molecule has 0 bridgehead atoms. The van der Waals surface area contributed by atoms with Crippen molar-refractivity contribution >= 4 is 10.0 Å². The Hall–Kier alpha value is -0.130. The third-order valence-corrected chi connectivity index (χ3v) is 3.75. The average molecular weight is 206 g/mol. The van der Waals surface area contributed by atoms with Crippen molar-refractivity contribution in [2.75, 3.05) is 18.8 Å². The Morgan fingerprint density at radius 1 is 1.46 bits per heavy atom. The Kier molecular flexibility index (Phi) is 3.70. The van der Waals surface area contributed by atoms with E-state index < -0.39 is 10.0 Å². The lowest BCUT2D eigenvalue weighted by molar-refractivity contribution is 0.346. The van der Waals surface area contributed by atoms with Crippen molar-refractivity contribution in [2.24, 2.45) is 5.92 Å². The predicted molar refractivity (Wildman–Crippen MR) is 53.0 cm³/mol. The normalized spacial score (nSPS) is 30.3. The Labute approximate surface area is 80.1 Å². The lowest BCUT2D eigenvalue weighted by Crippen LogP contribution is -2.48. The zero-order valence-corrected chi connectivity index (χ0v) is 9.02. The molecular formula is C8H18N2O2S. The summed E-state index contributed by atoms with van der Waals surface area (Å²) in [5.41, 5.74) is 0. The van der Waals surface area contributed by atoms with Crippen molar-refractivity contribution in [2.45, 2.75) is 26.3 Å². The van der Waals surface area contributed by atoms with Crippen molar-refractivity contribution in [1.29, 1.82) is 0 Å². The van der Waals surface area contributed by atoms with Gasteiger partial charge in [0.15, 0.2) is 0 Å². The van der Waals surface area contributed by atoms with Gasteiger partial charge in [0.1, 0.15) is 0 Å². The molecular weight excluding hydrogens is 188 g/mol. The summed E-state index contributed by atoms with van der Waals surface area (Å²) in [5, 5.41) is 3.20. The first kappa shape index (κ1) is 10.9. The van der Waals surface area contributed by atoms with Crippen LogP contribution in [-0.2, 0) is 10.0 Å². The van der Waals surface area contributed by atoms with Crippen molar-refractivity contribution in [1.82, 2.24) is 10.0 Å². The topological polar surface area (TPSA) is 58.2 Å². The fourth-order valence-electron chi connectivity index (χ4n) is 1.58. The molecule has 1 heterocycles. The van der Waals surface area contributed by atoms with Crippen LogP contribution in [-0.4, -0.2) is 33.3 Å². The minimum Gasteiger partial charge on any atom is -0.315 e. The van der Waals surface area contributed by atoms with E-state index in [0.717, 1.165) is 19.5 Å². The van der Waals surface area contributed by atoms with Crippen LogP contribution in [0.3, 0.4) is 0 Å². The molecule has 2 atom stereocenters. The predicted octanol–water partition coefficient (Wildman–Crippen LogP) is -0.0763. The Balaban J connectivity index is 2.45. The third kappa shape index (κ3) is 3.62. The third-order valence-electron chi connectivity index (χ3n) is 2.30. The number of nitrogens with one attached hydrogen (secondary N) is 2. The summed E-state index contributed by atoms with van der Waals surface area (Å²) in [4.78, 5) is 0. The molecule has 0 aromatic carbocycles. The second-order valence-corrected chi connectivity index (χ2v) is 5.76. The minimum atomic E-state index is -3.03. The monoisotopic (exact) mass is 206 g/mol. The van der Waals surface area contributed by atoms with Crippen LogP contribution in [0.4, 0.5) is 0 Å². The molecule has 0 saturated carbocycles. The lowest BCUT2D eigenvalue weighted by atomic mass is 9.99. The standard InChI is InChI=1S/C8H18N2O2S/c1-3-13(11,12)10-8-4-7(2)5-9-6-8/h7-10H,3-6H2,1-2H3. The SMILES string of the molecule is CCS(=O)(=O)NC1CNCC(C)C1. The van der Waals surface area contributed by atoms with Gasteiger partial charge in [-0.2, -0.15) is 0 Å². The second kappa shape index (κ2) is 4.39. The summed E-state index contributed by atoms with van der Waals surface area (Å²) < 4.78 is 25.2. The molecule has 1 saturated heterocycles. The van der Waals surface area contributed by atoms with Crippen LogP contribution in [0, 0.1) is 5.92 Å². The molecule has 1 rings (SSSR count). The van der Waals surface area contributed by atoms with Crippen LogP contribution < -0.4 is 10.0 Å². The zero-order chi connectivity index (χ0) is 9.90. The molecule has 4 nitrogen and oxygen atoms in total. The van der Waals surface area contributed by atoms with E-state index >= 15 is 0 Å². The summed E-state index contributed by atoms with van der Waals surface area (Å²) in [6.07, 6.45) is 0.937. The highest BCUT2D eigenvalue weighted by atomic mass is 32.2. The van der Waals surface area contributed by atoms with E-state index in [1.165, 1.54) is 0 Å². The summed E-state index contributed by atoms with van der Waals surface area (Å²) >= 11 is 0. The second-order valence-electron chi connectivity index (χ2n) is 3.72. The molecule has 0 aromatic heterocycles. The Morgan fingerprint density at radius 2 is 2.15 bits per heavy atom. The molecule has 78 valence electrons. The van der Waals surface area contributed by atoms with Crippen molar-refractivity contribution in [3.63, 3.8) is 0 Å². The molecule has 13 heavy (non-hydrogen) atoms. The van der Waals surface area contributed by atoms with Crippen LogP contribution in [0.15, 0.2) is 0 Å². The van der Waals surface area contributed by atoms with Crippen LogP contribution in [0.25, 0.3) is 0 Å². The molecule has 2 unspecified atom stereocenters. The van der Waals surface area contributed by atoms with E-state index in [2.05, 4.69) is 17.0 Å². The number of hydrogen-bond donors (Lipinski definition) is 2. The van der Waals surface area contributed by atoms with Gasteiger partial charge in [-0.05, 0) is 25.8 Å². The largest absolute Gasteiger partial charge is 0.315 e. The first-order chi connectivity index (χ1) is 6.03. The highest BCUT2D eigenvalue weighted by Gasteiger charge is 2.21. The maximum Gasteiger partial charge on any atom is 0.211 e. The van der Waals surface area contributed by atoms with Gasteiger partial charge in [0.05, 0.1) is 5.75 Å². The number of rotatable bonds is 3. The van der Waals surface area contributed by atoms with Gasteiger partial charge in [0.25, 0.3) is 0 Å². The van der Waals surface area contributed by atoms with E-state index in [4.69, 9.17) is 0 Å². The van der Waals surface area contributed by atoms with Crippen molar-refractivity contribution in [3.05, 3.63) is 0 Å². The zero-order valence-electron chi connectivity index (χ0n) is 8.21. The number of hydrogen-bond acceptors (Lipinski definition) is 3. The van der Waals surface area contributed by atoms with Gasteiger partial charge in [0, 0.05) is 12.6 Å². The highest BCUT2D eigenvalue weighted by molar-refractivity contribution is 7.89. The fraction of sp³-hybridized carbons (Fsp3) is 1.00. The molecule has 0 spiro atoms. The smallest absolute Gasteiger partial charge is 0.211 e. The van der Waals surface area contributed by atoms with Gasteiger partial charge >= 0.3 is 0 Å². The van der Waals surface area contributed by atoms with Crippen molar-refractivity contribution in [3.8, 4) is 0 Å². The highest BCUT2D eigenvalue weighted by Crippen LogP contribution is 2.09. The summed E-state index contributed by atoms with van der Waals surface area (Å²) in [5.74, 6) is 0.719. The summed E-state index contributed by atoms with van der Waals surface area (Å²) in [6, 6.07) is 0.0775. The van der Waals surface area contributed by atoms with E-state index in [9.17, 15) is 8.42 Å². The van der Waals surface area contributed by atoms with E-state index in [-0.39, 0.29) is 11.8 Å². The molecule has 5 heteroatoms. The average Bonchev–Trinajstić information content (AvgIpc) is 2.03. The molecule has 1 fully saturated rings. The van der Waals surface area contributed by atoms with Gasteiger partial charge < -0.3 is 5.32 Å². The molecule has 2 N–H and O–H groups in total. The first-order valence-electron chi connectivity index (χ1n) is 4.74. The molecule has 1 aliphatic rings. The maximum absolute atomic E-state index is 11.2. The molecule has 0 aliphatic carbocycles. The summed E-state index contributed by atoms with van der Waals surface area (Å²) in [6.45, 7) is 5.52. The molecule has 0 aromatic rings. The molecule has 0 amide bonds. The Morgan fingerprint density at radius 3 is 2.69 bits per heavy atom. The number of piperidine rings is 1. The number of sulfonamides is 1. The maximum atomic E-state index is 11.2. The van der Waals surface area contributed by atoms with Gasteiger partial charge in [-0.1, -0.05) is 6.92 Å². The first-order valence-corrected chi connectivity index (χ1v) is 6.39. The summed E-state index contributed by atoms with van der Waals surface area (Å²) in [7, 11) is -3.03. The Bertz CT molecular complexity index is 251. The van der Waals surface area contributed by atoms with E-state index in [1.54, 1.807) is 6.92 Å². The van der Waals surface area contributed by atoms with E-state index in [1.807, 2.05) is 0 Å². The van der Waals surface area contributed by atoms with Gasteiger partial charge in [-0.25, -0.2) is 13.1 Å². The lowest BCUT2D eigenvalue weighted by Gasteiger charge is -2.27. The van der Waals surface area contributed by atoms with Crippen LogP contribution in [0.1, 0.15) is 20.3 Å². The minimum absolute atomic E-state index is 0.0775.